The Labute approximate surface area is 80.1 Å². The Hall–Kier alpha value is -1.28. The second-order valence-corrected chi connectivity index (χ2v) is 3.15. The summed E-state index contributed by atoms with van der Waals surface area (Å²) in [6, 6.07) is 7.34. The topological polar surface area (TPSA) is 30.2 Å². The molecule has 0 amide bonds. The number of fused-ring (bicyclic) bond motifs is 1. The number of benzene rings is 1. The first-order chi connectivity index (χ1) is 6.31. The Kier molecular flexibility index (Phi) is 2.07. The van der Waals surface area contributed by atoms with E-state index < -0.39 is 0 Å². The van der Waals surface area contributed by atoms with E-state index in [9.17, 15) is 4.79 Å². The number of rotatable bonds is 2. The van der Waals surface area contributed by atoms with Gasteiger partial charge in [0.05, 0.1) is 11.4 Å². The molecule has 0 bridgehead atoms. The normalized spacial score (nSPS) is 10.5. The van der Waals surface area contributed by atoms with E-state index in [1.807, 2.05) is 18.2 Å². The molecule has 66 valence electrons. The van der Waals surface area contributed by atoms with E-state index in [2.05, 4.69) is 0 Å². The number of halogens is 1. The molecule has 0 saturated carbocycles. The van der Waals surface area contributed by atoms with E-state index in [4.69, 9.17) is 16.0 Å². The van der Waals surface area contributed by atoms with Gasteiger partial charge in [-0.05, 0) is 12.1 Å². The van der Waals surface area contributed by atoms with Crippen molar-refractivity contribution in [2.24, 2.45) is 0 Å². The van der Waals surface area contributed by atoms with E-state index in [0.717, 1.165) is 11.7 Å². The maximum atomic E-state index is 10.2. The van der Waals surface area contributed by atoms with Crippen LogP contribution in [0, 0.1) is 0 Å². The van der Waals surface area contributed by atoms with Crippen molar-refractivity contribution >= 4 is 28.9 Å². The minimum absolute atomic E-state index is 0.297. The monoisotopic (exact) mass is 194 g/mol. The molecule has 0 radical (unpaired) electrons. The molecule has 2 aromatic rings. The molecular weight excluding hydrogens is 188 g/mol. The van der Waals surface area contributed by atoms with Gasteiger partial charge >= 0.3 is 0 Å². The molecule has 13 heavy (non-hydrogen) atoms. The zero-order chi connectivity index (χ0) is 9.26. The minimum atomic E-state index is 0.297. The zero-order valence-corrected chi connectivity index (χ0v) is 7.54. The average Bonchev–Trinajstić information content (AvgIpc) is 2.49. The van der Waals surface area contributed by atoms with Gasteiger partial charge in [0.15, 0.2) is 5.58 Å². The predicted octanol–water partition coefficient (Wildman–Crippen LogP) is 2.83. The third-order valence-electron chi connectivity index (χ3n) is 1.83. The maximum Gasteiger partial charge on any atom is 0.152 e. The van der Waals surface area contributed by atoms with Gasteiger partial charge in [0.2, 0.25) is 0 Å². The van der Waals surface area contributed by atoms with E-state index in [-0.39, 0.29) is 0 Å². The molecule has 1 aromatic heterocycles. The Balaban J connectivity index is 2.61. The van der Waals surface area contributed by atoms with Crippen LogP contribution in [-0.2, 0) is 11.2 Å². The molecule has 0 aliphatic rings. The lowest BCUT2D eigenvalue weighted by Crippen LogP contribution is -1.78. The lowest BCUT2D eigenvalue weighted by atomic mass is 10.2. The smallest absolute Gasteiger partial charge is 0.152 e. The number of aldehydes is 1. The van der Waals surface area contributed by atoms with Crippen molar-refractivity contribution in [3.63, 3.8) is 0 Å². The molecule has 0 atom stereocenters. The van der Waals surface area contributed by atoms with Gasteiger partial charge in [-0.1, -0.05) is 23.7 Å². The summed E-state index contributed by atoms with van der Waals surface area (Å²) >= 11 is 5.89. The summed E-state index contributed by atoms with van der Waals surface area (Å²) in [5.74, 6) is 0.651. The fourth-order valence-corrected chi connectivity index (χ4v) is 1.48. The standard InChI is InChI=1S/C10H7ClO2/c11-9-3-1-2-7-6-8(4-5-12)13-10(7)9/h1-3,5-6H,4H2. The molecule has 0 aliphatic carbocycles. The van der Waals surface area contributed by atoms with Crippen LogP contribution in [0.4, 0.5) is 0 Å². The number of para-hydroxylation sites is 1. The van der Waals surface area contributed by atoms with Crippen LogP contribution in [0.5, 0.6) is 0 Å². The lowest BCUT2D eigenvalue weighted by molar-refractivity contribution is -0.107. The van der Waals surface area contributed by atoms with Crippen LogP contribution in [0.15, 0.2) is 28.7 Å². The Morgan fingerprint density at radius 2 is 2.31 bits per heavy atom. The van der Waals surface area contributed by atoms with Crippen LogP contribution in [0.1, 0.15) is 5.76 Å². The van der Waals surface area contributed by atoms with Crippen molar-refractivity contribution in [1.82, 2.24) is 0 Å². The van der Waals surface area contributed by atoms with Crippen molar-refractivity contribution in [3.05, 3.63) is 35.0 Å². The first-order valence-electron chi connectivity index (χ1n) is 3.92. The van der Waals surface area contributed by atoms with E-state index in [0.29, 0.717) is 22.8 Å². The minimum Gasteiger partial charge on any atom is -0.459 e. The highest BCUT2D eigenvalue weighted by molar-refractivity contribution is 6.34. The molecule has 1 aromatic carbocycles. The predicted molar refractivity (Wildman–Crippen MR) is 51.0 cm³/mol. The van der Waals surface area contributed by atoms with Crippen molar-refractivity contribution < 1.29 is 9.21 Å². The van der Waals surface area contributed by atoms with Gasteiger partial charge in [0, 0.05) is 5.39 Å². The van der Waals surface area contributed by atoms with Crippen LogP contribution in [0.2, 0.25) is 5.02 Å². The first kappa shape index (κ1) is 8.32. The van der Waals surface area contributed by atoms with Crippen LogP contribution < -0.4 is 0 Å². The Morgan fingerprint density at radius 1 is 1.46 bits per heavy atom. The SMILES string of the molecule is O=CCc1cc2cccc(Cl)c2o1. The molecule has 1 heterocycles. The molecular formula is C10H7ClO2. The van der Waals surface area contributed by atoms with Crippen LogP contribution in [-0.4, -0.2) is 6.29 Å². The maximum absolute atomic E-state index is 10.2. The van der Waals surface area contributed by atoms with Crippen molar-refractivity contribution in [1.29, 1.82) is 0 Å². The van der Waals surface area contributed by atoms with Crippen LogP contribution in [0.25, 0.3) is 11.0 Å². The second-order valence-electron chi connectivity index (χ2n) is 2.74. The number of hydrogen-bond donors (Lipinski definition) is 0. The van der Waals surface area contributed by atoms with E-state index in [1.54, 1.807) is 6.07 Å². The highest BCUT2D eigenvalue weighted by atomic mass is 35.5. The van der Waals surface area contributed by atoms with Gasteiger partial charge in [-0.25, -0.2) is 0 Å². The molecule has 0 spiro atoms. The number of carbonyl (C=O) groups is 1. The average molecular weight is 195 g/mol. The summed E-state index contributed by atoms with van der Waals surface area (Å²) in [4.78, 5) is 10.2. The van der Waals surface area contributed by atoms with Gasteiger partial charge in [-0.2, -0.15) is 0 Å². The van der Waals surface area contributed by atoms with Gasteiger partial charge in [0.25, 0.3) is 0 Å². The zero-order valence-electron chi connectivity index (χ0n) is 6.79. The molecule has 0 fully saturated rings. The fourth-order valence-electron chi connectivity index (χ4n) is 1.26. The van der Waals surface area contributed by atoms with Gasteiger partial charge in [-0.3, -0.25) is 0 Å². The molecule has 0 unspecified atom stereocenters. The molecule has 0 saturated heterocycles. The third-order valence-corrected chi connectivity index (χ3v) is 2.13. The number of hydrogen-bond acceptors (Lipinski definition) is 2. The van der Waals surface area contributed by atoms with Crippen molar-refractivity contribution in [2.75, 3.05) is 0 Å². The Bertz CT molecular complexity index is 445. The number of carbonyl (C=O) groups excluding carboxylic acids is 1. The van der Waals surface area contributed by atoms with Gasteiger partial charge < -0.3 is 9.21 Å². The fraction of sp³-hybridized carbons (Fsp3) is 0.100. The molecule has 0 aliphatic heterocycles. The van der Waals surface area contributed by atoms with E-state index >= 15 is 0 Å². The second kappa shape index (κ2) is 3.23. The quantitative estimate of drug-likeness (QED) is 0.689. The molecule has 3 heteroatoms. The highest BCUT2D eigenvalue weighted by Crippen LogP contribution is 2.26. The van der Waals surface area contributed by atoms with E-state index in [1.165, 1.54) is 0 Å². The third kappa shape index (κ3) is 1.45. The molecule has 2 rings (SSSR count). The summed E-state index contributed by atoms with van der Waals surface area (Å²) in [6.07, 6.45) is 1.11. The van der Waals surface area contributed by atoms with Gasteiger partial charge in [-0.15, -0.1) is 0 Å². The summed E-state index contributed by atoms with van der Waals surface area (Å²) < 4.78 is 5.38. The molecule has 2 nitrogen and oxygen atoms in total. The molecule has 0 N–H and O–H groups in total. The summed E-state index contributed by atoms with van der Waals surface area (Å²) in [7, 11) is 0. The van der Waals surface area contributed by atoms with Crippen LogP contribution >= 0.6 is 11.6 Å². The summed E-state index contributed by atoms with van der Waals surface area (Å²) in [5, 5.41) is 1.51. The first-order valence-corrected chi connectivity index (χ1v) is 4.29. The number of furan rings is 1. The summed E-state index contributed by atoms with van der Waals surface area (Å²) in [6.45, 7) is 0. The van der Waals surface area contributed by atoms with Crippen LogP contribution in [0.3, 0.4) is 0 Å². The Morgan fingerprint density at radius 3 is 3.00 bits per heavy atom. The summed E-state index contributed by atoms with van der Waals surface area (Å²) in [5.41, 5.74) is 0.654. The highest BCUT2D eigenvalue weighted by Gasteiger charge is 2.05. The lowest BCUT2D eigenvalue weighted by Gasteiger charge is -1.89. The van der Waals surface area contributed by atoms with Crippen molar-refractivity contribution in [2.45, 2.75) is 6.42 Å². The van der Waals surface area contributed by atoms with Gasteiger partial charge in [0.1, 0.15) is 12.0 Å². The largest absolute Gasteiger partial charge is 0.459 e. The van der Waals surface area contributed by atoms with Crippen molar-refractivity contribution in [3.8, 4) is 0 Å².